The Morgan fingerprint density at radius 1 is 0.647 bits per heavy atom. The molecule has 0 spiro atoms. The minimum atomic E-state index is -1.00. The van der Waals surface area contributed by atoms with Crippen molar-refractivity contribution in [3.05, 3.63) is 54.7 Å². The second-order valence-electron chi connectivity index (χ2n) is 6.68. The molecule has 0 fully saturated rings. The fourth-order valence-corrected chi connectivity index (χ4v) is 2.16. The van der Waals surface area contributed by atoms with Gasteiger partial charge in [-0.15, -0.1) is 0 Å². The minimum absolute atomic E-state index is 0. The van der Waals surface area contributed by atoms with Crippen molar-refractivity contribution in [1.82, 2.24) is 29.9 Å². The summed E-state index contributed by atoms with van der Waals surface area (Å²) in [5.74, 6) is -3.00. The van der Waals surface area contributed by atoms with Gasteiger partial charge in [0.1, 0.15) is 18.1 Å². The van der Waals surface area contributed by atoms with Gasteiger partial charge in [-0.2, -0.15) is 0 Å². The van der Waals surface area contributed by atoms with Crippen LogP contribution in [0.3, 0.4) is 0 Å². The van der Waals surface area contributed by atoms with Crippen LogP contribution in [0.25, 0.3) is 0 Å². The molecule has 34 heavy (non-hydrogen) atoms. The molecule has 0 amide bonds. The molecule has 187 valence electrons. The molecule has 15 nitrogen and oxygen atoms in total. The van der Waals surface area contributed by atoms with Gasteiger partial charge in [-0.05, 0) is 0 Å². The first-order chi connectivity index (χ1) is 15.6. The number of carbonyl (C=O) groups is 3. The van der Waals surface area contributed by atoms with E-state index < -0.39 is 36.0 Å². The monoisotopic (exact) mass is 618 g/mol. The van der Waals surface area contributed by atoms with Crippen LogP contribution in [0.2, 0.25) is 0 Å². The quantitative estimate of drug-likeness (QED) is 0.127. The van der Waals surface area contributed by atoms with Crippen LogP contribution < -0.4 is 17.2 Å². The number of nitrogens with zero attached hydrogens (tertiary/aromatic N) is 3. The fourth-order valence-electron chi connectivity index (χ4n) is 2.16. The Bertz CT molecular complexity index is 827. The third kappa shape index (κ3) is 13.3. The van der Waals surface area contributed by atoms with Crippen molar-refractivity contribution in [3.8, 4) is 0 Å². The first kappa shape index (κ1) is 31.5. The van der Waals surface area contributed by atoms with E-state index in [0.29, 0.717) is 0 Å². The van der Waals surface area contributed by atoms with Gasteiger partial charge in [0.2, 0.25) is 0 Å². The van der Waals surface area contributed by atoms with Gasteiger partial charge in [0, 0.05) is 104 Å². The Morgan fingerprint density at radius 3 is 1.03 bits per heavy atom. The molecule has 0 saturated carbocycles. The summed E-state index contributed by atoms with van der Waals surface area (Å²) in [6, 6.07) is -2.55. The van der Waals surface area contributed by atoms with Gasteiger partial charge in [0.05, 0.1) is 19.0 Å². The fraction of sp³-hybridized carbons (Fsp3) is 0.333. The van der Waals surface area contributed by atoms with Gasteiger partial charge >= 0.3 is 17.9 Å². The number of nitrogens with one attached hydrogen (secondary N) is 3. The van der Waals surface area contributed by atoms with E-state index in [0.717, 1.165) is 17.1 Å². The molecule has 3 heterocycles. The number of hydrogen-bond donors (Lipinski definition) is 9. The topological polar surface area (TPSA) is 276 Å². The van der Waals surface area contributed by atoms with Crippen LogP contribution in [0.5, 0.6) is 0 Å². The van der Waals surface area contributed by atoms with Crippen LogP contribution in [0.1, 0.15) is 17.1 Å². The van der Waals surface area contributed by atoms with E-state index in [4.69, 9.17) is 32.5 Å². The van der Waals surface area contributed by atoms with Crippen molar-refractivity contribution in [2.75, 3.05) is 0 Å². The molecule has 3 atom stereocenters. The summed E-state index contributed by atoms with van der Waals surface area (Å²) in [7, 11) is 0. The number of nitrogens with two attached hydrogens (primary N) is 3. The van der Waals surface area contributed by atoms with E-state index in [-0.39, 0.29) is 68.6 Å². The zero-order valence-electron chi connectivity index (χ0n) is 17.8. The Labute approximate surface area is 234 Å². The van der Waals surface area contributed by atoms with E-state index in [9.17, 15) is 14.4 Å². The number of H-pyrrole nitrogens is 3. The number of rotatable bonds is 9. The van der Waals surface area contributed by atoms with Crippen LogP contribution in [0.4, 0.5) is 0 Å². The molecule has 16 heteroatoms. The van der Waals surface area contributed by atoms with Crippen molar-refractivity contribution in [2.24, 2.45) is 17.2 Å². The van der Waals surface area contributed by atoms with Crippen molar-refractivity contribution in [2.45, 2.75) is 37.4 Å². The SMILES string of the molecule is N[C@H](Cc1cnc[nH]1)C(=O)O.N[C@H](Cc1cnc[nH]1)C(=O)O.N[C@H](Cc1cnc[nH]1)C(=O)O.[Eu]. The second kappa shape index (κ2) is 17.0. The molecular formula is C18H27EuN9O6. The zero-order valence-corrected chi connectivity index (χ0v) is 20.3. The number of carboxylic acids is 3. The summed E-state index contributed by atoms with van der Waals surface area (Å²) in [6.07, 6.45) is 10.0. The molecule has 0 aliphatic heterocycles. The van der Waals surface area contributed by atoms with E-state index in [1.165, 1.54) is 19.0 Å². The first-order valence-electron chi connectivity index (χ1n) is 9.47. The molecule has 3 aromatic heterocycles. The van der Waals surface area contributed by atoms with Gasteiger partial charge in [0.15, 0.2) is 0 Å². The van der Waals surface area contributed by atoms with Gasteiger partial charge < -0.3 is 47.5 Å². The van der Waals surface area contributed by atoms with Crippen molar-refractivity contribution in [1.29, 1.82) is 0 Å². The molecule has 0 aliphatic rings. The number of aromatic amines is 3. The summed E-state index contributed by atoms with van der Waals surface area (Å²) in [5.41, 5.74) is 18.0. The average molecular weight is 617 g/mol. The number of imidazole rings is 3. The maximum absolute atomic E-state index is 10.3. The Hall–Kier alpha value is -2.50. The third-order valence-electron chi connectivity index (χ3n) is 3.94. The Balaban J connectivity index is 0.000000473. The molecule has 0 aromatic carbocycles. The third-order valence-corrected chi connectivity index (χ3v) is 3.94. The van der Waals surface area contributed by atoms with Crippen molar-refractivity contribution >= 4 is 17.9 Å². The molecule has 3 aromatic rings. The van der Waals surface area contributed by atoms with Gasteiger partial charge in [-0.25, -0.2) is 15.0 Å². The standard InChI is InChI=1S/3C6H9N3O2.Eu/c3*7-5(6(10)11)1-4-2-8-3-9-4;/h3*2-3,5H,1,7H2,(H,8,9)(H,10,11);/t3*5-;/m111./s1. The summed E-state index contributed by atoms with van der Waals surface area (Å²) in [5, 5.41) is 25.3. The predicted octanol–water partition coefficient (Wildman–Crippen LogP) is -1.91. The van der Waals surface area contributed by atoms with Crippen LogP contribution >= 0.6 is 0 Å². The van der Waals surface area contributed by atoms with E-state index >= 15 is 0 Å². The summed E-state index contributed by atoms with van der Waals surface area (Å²) < 4.78 is 0. The normalized spacial score (nSPS) is 12.4. The minimum Gasteiger partial charge on any atom is -0.480 e. The van der Waals surface area contributed by atoms with Crippen LogP contribution in [-0.2, 0) is 33.6 Å². The summed E-state index contributed by atoms with van der Waals surface area (Å²) >= 11 is 0. The van der Waals surface area contributed by atoms with Crippen molar-refractivity contribution in [3.63, 3.8) is 0 Å². The number of aromatic nitrogens is 6. The first-order valence-corrected chi connectivity index (χ1v) is 9.47. The summed E-state index contributed by atoms with van der Waals surface area (Å²) in [4.78, 5) is 50.3. The van der Waals surface area contributed by atoms with Crippen LogP contribution in [0.15, 0.2) is 37.6 Å². The Morgan fingerprint density at radius 2 is 0.882 bits per heavy atom. The number of hydrogen-bond acceptors (Lipinski definition) is 9. The predicted molar refractivity (Wildman–Crippen MR) is 114 cm³/mol. The van der Waals surface area contributed by atoms with E-state index in [2.05, 4.69) is 29.9 Å². The smallest absolute Gasteiger partial charge is 0.320 e. The zero-order chi connectivity index (χ0) is 24.8. The van der Waals surface area contributed by atoms with Gasteiger partial charge in [0.25, 0.3) is 0 Å². The molecule has 1 radical (unpaired) electrons. The average Bonchev–Trinajstić information content (AvgIpc) is 3.53. The molecule has 0 bridgehead atoms. The van der Waals surface area contributed by atoms with E-state index in [1.807, 2.05) is 0 Å². The van der Waals surface area contributed by atoms with Gasteiger partial charge in [-0.1, -0.05) is 0 Å². The molecule has 3 rings (SSSR count). The molecule has 0 saturated heterocycles. The maximum Gasteiger partial charge on any atom is 0.320 e. The van der Waals surface area contributed by atoms with Gasteiger partial charge in [-0.3, -0.25) is 14.4 Å². The maximum atomic E-state index is 10.3. The largest absolute Gasteiger partial charge is 0.480 e. The molecule has 0 aliphatic carbocycles. The van der Waals surface area contributed by atoms with Crippen molar-refractivity contribution < 1.29 is 79.1 Å². The second-order valence-corrected chi connectivity index (χ2v) is 6.68. The van der Waals surface area contributed by atoms with Crippen LogP contribution in [-0.4, -0.2) is 81.3 Å². The summed E-state index contributed by atoms with van der Waals surface area (Å²) in [6.45, 7) is 0. The van der Waals surface area contributed by atoms with Crippen LogP contribution in [0, 0.1) is 49.4 Å². The van der Waals surface area contributed by atoms with E-state index in [1.54, 1.807) is 18.6 Å². The Kier molecular flexibility index (Phi) is 15.8. The molecule has 0 unspecified atom stereocenters. The number of aliphatic carboxylic acids is 3. The molecule has 12 N–H and O–H groups in total. The molecular weight excluding hydrogens is 590 g/mol. The number of carboxylic acid groups (broad SMARTS) is 3.